The number of nitrogens with one attached hydrogen (secondary N) is 1. The first-order valence-electron chi connectivity index (χ1n) is 6.44. The number of oxazole rings is 1. The summed E-state index contributed by atoms with van der Waals surface area (Å²) in [4.78, 5) is 27.0. The van der Waals surface area contributed by atoms with Crippen molar-refractivity contribution >= 4 is 18.0 Å². The summed E-state index contributed by atoms with van der Waals surface area (Å²) < 4.78 is 14.6. The number of esters is 2. The van der Waals surface area contributed by atoms with Crippen LogP contribution in [-0.4, -0.2) is 36.7 Å². The molecule has 1 N–H and O–H groups in total. The lowest BCUT2D eigenvalue weighted by molar-refractivity contribution is -0.141. The number of carbonyl (C=O) groups excluding carboxylic acids is 2. The molecule has 0 aromatic carbocycles. The Kier molecular flexibility index (Phi) is 6.02. The molecule has 1 heterocycles. The smallest absolute Gasteiger partial charge is 0.360 e. The van der Waals surface area contributed by atoms with Gasteiger partial charge >= 0.3 is 11.9 Å². The summed E-state index contributed by atoms with van der Waals surface area (Å²) in [5.41, 5.74) is 0.0579. The van der Waals surface area contributed by atoms with Crippen molar-refractivity contribution < 1.29 is 23.5 Å². The molecule has 0 spiro atoms. The van der Waals surface area contributed by atoms with Gasteiger partial charge < -0.3 is 19.2 Å². The van der Waals surface area contributed by atoms with Crippen LogP contribution < -0.4 is 5.32 Å². The van der Waals surface area contributed by atoms with Crippen molar-refractivity contribution in [3.05, 3.63) is 12.0 Å². The van der Waals surface area contributed by atoms with E-state index in [0.717, 1.165) is 0 Å². The Morgan fingerprint density at radius 1 is 1.45 bits per heavy atom. The van der Waals surface area contributed by atoms with Gasteiger partial charge in [-0.15, -0.1) is 0 Å². The SMILES string of the molecule is CCOC(=O)c1coc(NC(CC(C)C)C(=O)OC)n1. The average molecular weight is 284 g/mol. The minimum Gasteiger partial charge on any atom is -0.467 e. The third kappa shape index (κ3) is 4.56. The van der Waals surface area contributed by atoms with Crippen LogP contribution in [0.25, 0.3) is 0 Å². The summed E-state index contributed by atoms with van der Waals surface area (Å²) in [5.74, 6) is -0.691. The molecule has 112 valence electrons. The number of carbonyl (C=O) groups is 2. The Labute approximate surface area is 117 Å². The molecule has 1 atom stereocenters. The summed E-state index contributed by atoms with van der Waals surface area (Å²) >= 11 is 0. The number of hydrogen-bond donors (Lipinski definition) is 1. The zero-order valence-electron chi connectivity index (χ0n) is 12.1. The molecule has 7 nitrogen and oxygen atoms in total. The van der Waals surface area contributed by atoms with Crippen molar-refractivity contribution in [2.75, 3.05) is 19.0 Å². The molecule has 1 aromatic heterocycles. The van der Waals surface area contributed by atoms with Gasteiger partial charge in [0.2, 0.25) is 0 Å². The zero-order chi connectivity index (χ0) is 15.1. The van der Waals surface area contributed by atoms with Crippen LogP contribution in [0.2, 0.25) is 0 Å². The topological polar surface area (TPSA) is 90.7 Å². The number of aromatic nitrogens is 1. The Bertz CT molecular complexity index is 455. The lowest BCUT2D eigenvalue weighted by atomic mass is 10.0. The Hall–Kier alpha value is -2.05. The lowest BCUT2D eigenvalue weighted by Gasteiger charge is -2.16. The molecule has 0 aliphatic heterocycles. The molecule has 1 aromatic rings. The third-order valence-electron chi connectivity index (χ3n) is 2.48. The predicted molar refractivity (Wildman–Crippen MR) is 71.3 cm³/mol. The molecule has 0 saturated carbocycles. The highest BCUT2D eigenvalue weighted by Crippen LogP contribution is 2.14. The second-order valence-electron chi connectivity index (χ2n) is 4.61. The van der Waals surface area contributed by atoms with Gasteiger partial charge in [0.15, 0.2) is 5.69 Å². The average Bonchev–Trinajstić information content (AvgIpc) is 2.85. The number of methoxy groups -OCH3 is 1. The van der Waals surface area contributed by atoms with E-state index in [1.807, 2.05) is 13.8 Å². The Morgan fingerprint density at radius 2 is 2.15 bits per heavy atom. The van der Waals surface area contributed by atoms with E-state index < -0.39 is 18.0 Å². The van der Waals surface area contributed by atoms with E-state index in [-0.39, 0.29) is 24.2 Å². The molecule has 0 bridgehead atoms. The second-order valence-corrected chi connectivity index (χ2v) is 4.61. The molecule has 0 amide bonds. The fraction of sp³-hybridized carbons (Fsp3) is 0.615. The van der Waals surface area contributed by atoms with Gasteiger partial charge in [0.25, 0.3) is 6.01 Å². The van der Waals surface area contributed by atoms with Crippen LogP contribution in [0.3, 0.4) is 0 Å². The van der Waals surface area contributed by atoms with Crippen molar-refractivity contribution in [3.63, 3.8) is 0 Å². The minimum atomic E-state index is -0.575. The molecule has 7 heteroatoms. The summed E-state index contributed by atoms with van der Waals surface area (Å²) in [6.07, 6.45) is 1.74. The van der Waals surface area contributed by atoms with Gasteiger partial charge in [-0.25, -0.2) is 9.59 Å². The molecule has 0 radical (unpaired) electrons. The quantitative estimate of drug-likeness (QED) is 0.764. The standard InChI is InChI=1S/C13H20N2O5/c1-5-19-12(17)10-7-20-13(15-10)14-9(6-8(2)3)11(16)18-4/h7-9H,5-6H2,1-4H3,(H,14,15). The molecule has 0 aliphatic carbocycles. The van der Waals surface area contributed by atoms with Gasteiger partial charge in [0.05, 0.1) is 13.7 Å². The van der Waals surface area contributed by atoms with E-state index in [1.165, 1.54) is 13.4 Å². The highest BCUT2D eigenvalue weighted by atomic mass is 16.5. The van der Waals surface area contributed by atoms with E-state index in [0.29, 0.717) is 6.42 Å². The van der Waals surface area contributed by atoms with E-state index in [1.54, 1.807) is 6.92 Å². The lowest BCUT2D eigenvalue weighted by Crippen LogP contribution is -2.32. The molecule has 1 rings (SSSR count). The van der Waals surface area contributed by atoms with E-state index in [9.17, 15) is 9.59 Å². The van der Waals surface area contributed by atoms with Crippen LogP contribution in [0.5, 0.6) is 0 Å². The number of nitrogens with zero attached hydrogens (tertiary/aromatic N) is 1. The van der Waals surface area contributed by atoms with Crippen molar-refractivity contribution in [2.45, 2.75) is 33.2 Å². The minimum absolute atomic E-state index is 0.0579. The van der Waals surface area contributed by atoms with Crippen LogP contribution >= 0.6 is 0 Å². The Balaban J connectivity index is 2.73. The van der Waals surface area contributed by atoms with Gasteiger partial charge in [-0.05, 0) is 19.3 Å². The maximum absolute atomic E-state index is 11.6. The first-order chi connectivity index (χ1) is 9.47. The molecular formula is C13H20N2O5. The van der Waals surface area contributed by atoms with Crippen molar-refractivity contribution in [2.24, 2.45) is 5.92 Å². The van der Waals surface area contributed by atoms with Crippen LogP contribution in [0, 0.1) is 5.92 Å². The van der Waals surface area contributed by atoms with Gasteiger partial charge in [0.1, 0.15) is 12.3 Å². The molecule has 20 heavy (non-hydrogen) atoms. The number of hydrogen-bond acceptors (Lipinski definition) is 7. The maximum atomic E-state index is 11.6. The van der Waals surface area contributed by atoms with E-state index in [4.69, 9.17) is 13.9 Å². The number of anilines is 1. The highest BCUT2D eigenvalue weighted by Gasteiger charge is 2.23. The van der Waals surface area contributed by atoms with Gasteiger partial charge in [-0.1, -0.05) is 13.8 Å². The first kappa shape index (κ1) is 16.0. The summed E-state index contributed by atoms with van der Waals surface area (Å²) in [6.45, 7) is 5.92. The summed E-state index contributed by atoms with van der Waals surface area (Å²) in [7, 11) is 1.32. The normalized spacial score (nSPS) is 12.1. The van der Waals surface area contributed by atoms with Gasteiger partial charge in [-0.2, -0.15) is 4.98 Å². The van der Waals surface area contributed by atoms with Gasteiger partial charge in [-0.3, -0.25) is 0 Å². The van der Waals surface area contributed by atoms with Crippen LogP contribution in [0.1, 0.15) is 37.7 Å². The monoisotopic (exact) mass is 284 g/mol. The van der Waals surface area contributed by atoms with Crippen molar-refractivity contribution in [1.29, 1.82) is 0 Å². The molecular weight excluding hydrogens is 264 g/mol. The van der Waals surface area contributed by atoms with Crippen LogP contribution in [0.4, 0.5) is 6.01 Å². The van der Waals surface area contributed by atoms with Crippen molar-refractivity contribution in [1.82, 2.24) is 4.98 Å². The second kappa shape index (κ2) is 7.52. The highest BCUT2D eigenvalue weighted by molar-refractivity contribution is 5.87. The molecule has 1 unspecified atom stereocenters. The van der Waals surface area contributed by atoms with Crippen LogP contribution in [-0.2, 0) is 14.3 Å². The zero-order valence-corrected chi connectivity index (χ0v) is 12.1. The fourth-order valence-electron chi connectivity index (χ4n) is 1.62. The van der Waals surface area contributed by atoms with Crippen LogP contribution in [0.15, 0.2) is 10.7 Å². The molecule has 0 fully saturated rings. The number of ether oxygens (including phenoxy) is 2. The molecule has 0 aliphatic rings. The van der Waals surface area contributed by atoms with Gasteiger partial charge in [0, 0.05) is 0 Å². The predicted octanol–water partition coefficient (Wildman–Crippen LogP) is 1.85. The van der Waals surface area contributed by atoms with E-state index >= 15 is 0 Å². The Morgan fingerprint density at radius 3 is 2.70 bits per heavy atom. The molecule has 0 saturated heterocycles. The fourth-order valence-corrected chi connectivity index (χ4v) is 1.62. The van der Waals surface area contributed by atoms with Crippen molar-refractivity contribution in [3.8, 4) is 0 Å². The first-order valence-corrected chi connectivity index (χ1v) is 6.44. The third-order valence-corrected chi connectivity index (χ3v) is 2.48. The number of rotatable bonds is 7. The van der Waals surface area contributed by atoms with E-state index in [2.05, 4.69) is 10.3 Å². The summed E-state index contributed by atoms with van der Waals surface area (Å²) in [5, 5.41) is 2.82. The summed E-state index contributed by atoms with van der Waals surface area (Å²) in [6, 6.07) is -0.488. The maximum Gasteiger partial charge on any atom is 0.360 e. The largest absolute Gasteiger partial charge is 0.467 e.